The first-order valence-electron chi connectivity index (χ1n) is 8.06. The predicted octanol–water partition coefficient (Wildman–Crippen LogP) is 2.62. The van der Waals surface area contributed by atoms with Crippen LogP contribution in [0.15, 0.2) is 30.3 Å². The van der Waals surface area contributed by atoms with Gasteiger partial charge in [0.15, 0.2) is 0 Å². The van der Waals surface area contributed by atoms with Crippen molar-refractivity contribution in [2.24, 2.45) is 0 Å². The molecule has 1 aromatic carbocycles. The zero-order valence-electron chi connectivity index (χ0n) is 13.7. The van der Waals surface area contributed by atoms with Gasteiger partial charge in [-0.15, -0.1) is 0 Å². The largest absolute Gasteiger partial charge is 0.347 e. The molecular formula is C18H22N4O. The van der Waals surface area contributed by atoms with Gasteiger partial charge < -0.3 is 10.2 Å². The Bertz CT molecular complexity index is 708. The smallest absolute Gasteiger partial charge is 0.270 e. The van der Waals surface area contributed by atoms with Gasteiger partial charge in [0.05, 0.1) is 0 Å². The Hall–Kier alpha value is -2.43. The third kappa shape index (κ3) is 3.86. The molecule has 1 saturated heterocycles. The fourth-order valence-electron chi connectivity index (χ4n) is 2.82. The number of nitrogens with zero attached hydrogens (tertiary/aromatic N) is 3. The van der Waals surface area contributed by atoms with Crippen molar-refractivity contribution in [3.05, 3.63) is 52.8 Å². The van der Waals surface area contributed by atoms with Crippen LogP contribution in [0.1, 0.15) is 40.2 Å². The van der Waals surface area contributed by atoms with Gasteiger partial charge in [0.1, 0.15) is 5.69 Å². The Kier molecular flexibility index (Phi) is 4.55. The lowest BCUT2D eigenvalue weighted by atomic mass is 10.1. The normalized spacial score (nSPS) is 14.1. The van der Waals surface area contributed by atoms with Crippen molar-refractivity contribution in [2.45, 2.75) is 33.2 Å². The van der Waals surface area contributed by atoms with E-state index in [4.69, 9.17) is 0 Å². The van der Waals surface area contributed by atoms with Gasteiger partial charge in [-0.2, -0.15) is 0 Å². The van der Waals surface area contributed by atoms with Crippen LogP contribution in [0.5, 0.6) is 0 Å². The maximum absolute atomic E-state index is 12.4. The number of carbonyl (C=O) groups excluding carboxylic acids is 1. The molecule has 1 fully saturated rings. The first-order valence-corrected chi connectivity index (χ1v) is 8.06. The highest BCUT2D eigenvalue weighted by atomic mass is 16.1. The van der Waals surface area contributed by atoms with E-state index in [0.717, 1.165) is 37.2 Å². The summed E-state index contributed by atoms with van der Waals surface area (Å²) in [6, 6.07) is 9.86. The number of amides is 1. The Morgan fingerprint density at radius 2 is 1.96 bits per heavy atom. The second-order valence-corrected chi connectivity index (χ2v) is 6.06. The van der Waals surface area contributed by atoms with Gasteiger partial charge in [-0.25, -0.2) is 9.97 Å². The Labute approximate surface area is 136 Å². The molecule has 1 amide bonds. The number of benzene rings is 1. The highest BCUT2D eigenvalue weighted by Gasteiger charge is 2.18. The van der Waals surface area contributed by atoms with Crippen LogP contribution in [-0.4, -0.2) is 29.0 Å². The lowest BCUT2D eigenvalue weighted by Gasteiger charge is -2.16. The van der Waals surface area contributed by atoms with Gasteiger partial charge in [0, 0.05) is 25.3 Å². The van der Waals surface area contributed by atoms with Gasteiger partial charge in [0.25, 0.3) is 5.91 Å². The van der Waals surface area contributed by atoms with Crippen LogP contribution in [0.3, 0.4) is 0 Å². The molecule has 1 aliphatic heterocycles. The zero-order valence-corrected chi connectivity index (χ0v) is 13.7. The minimum absolute atomic E-state index is 0.155. The summed E-state index contributed by atoms with van der Waals surface area (Å²) in [5.74, 6) is 0.514. The molecule has 1 N–H and O–H groups in total. The molecular weight excluding hydrogens is 288 g/mol. The molecule has 3 rings (SSSR count). The average Bonchev–Trinajstić information content (AvgIpc) is 3.06. The van der Waals surface area contributed by atoms with Gasteiger partial charge in [-0.3, -0.25) is 4.79 Å². The van der Waals surface area contributed by atoms with Crippen LogP contribution in [0, 0.1) is 13.8 Å². The van der Waals surface area contributed by atoms with E-state index in [2.05, 4.69) is 26.3 Å². The SMILES string of the molecule is Cc1cccc(CNC(=O)c2cc(C)nc(N3CCCC3)n2)c1. The number of carbonyl (C=O) groups is 1. The van der Waals surface area contributed by atoms with E-state index in [1.807, 2.05) is 32.0 Å². The molecule has 2 heterocycles. The van der Waals surface area contributed by atoms with E-state index >= 15 is 0 Å². The molecule has 1 aromatic heterocycles. The Morgan fingerprint density at radius 1 is 1.17 bits per heavy atom. The standard InChI is InChI=1S/C18H22N4O/c1-13-6-5-7-15(10-13)12-19-17(23)16-11-14(2)20-18(21-16)22-8-3-4-9-22/h5-7,10-11H,3-4,8-9,12H2,1-2H3,(H,19,23). The molecule has 5 nitrogen and oxygen atoms in total. The Balaban J connectivity index is 1.71. The Morgan fingerprint density at radius 3 is 2.70 bits per heavy atom. The lowest BCUT2D eigenvalue weighted by molar-refractivity contribution is 0.0945. The number of hydrogen-bond donors (Lipinski definition) is 1. The van der Waals surface area contributed by atoms with Crippen molar-refractivity contribution in [2.75, 3.05) is 18.0 Å². The van der Waals surface area contributed by atoms with Crippen molar-refractivity contribution in [3.63, 3.8) is 0 Å². The molecule has 23 heavy (non-hydrogen) atoms. The summed E-state index contributed by atoms with van der Waals surface area (Å²) in [6.07, 6.45) is 2.32. The molecule has 120 valence electrons. The fraction of sp³-hybridized carbons (Fsp3) is 0.389. The van der Waals surface area contributed by atoms with Crippen LogP contribution >= 0.6 is 0 Å². The van der Waals surface area contributed by atoms with Crippen molar-refractivity contribution >= 4 is 11.9 Å². The summed E-state index contributed by atoms with van der Waals surface area (Å²) in [7, 11) is 0. The predicted molar refractivity (Wildman–Crippen MR) is 90.6 cm³/mol. The molecule has 2 aromatic rings. The highest BCUT2D eigenvalue weighted by Crippen LogP contribution is 2.16. The molecule has 1 aliphatic rings. The highest BCUT2D eigenvalue weighted by molar-refractivity contribution is 5.92. The molecule has 0 spiro atoms. The van der Waals surface area contributed by atoms with Crippen molar-refractivity contribution in [1.29, 1.82) is 0 Å². The number of nitrogens with one attached hydrogen (secondary N) is 1. The van der Waals surface area contributed by atoms with Gasteiger partial charge in [-0.1, -0.05) is 29.8 Å². The molecule has 0 aliphatic carbocycles. The number of hydrogen-bond acceptors (Lipinski definition) is 4. The lowest BCUT2D eigenvalue weighted by Crippen LogP contribution is -2.26. The number of rotatable bonds is 4. The second-order valence-electron chi connectivity index (χ2n) is 6.06. The van der Waals surface area contributed by atoms with E-state index in [-0.39, 0.29) is 5.91 Å². The molecule has 0 saturated carbocycles. The van der Waals surface area contributed by atoms with Gasteiger partial charge in [-0.05, 0) is 38.3 Å². The third-order valence-electron chi connectivity index (χ3n) is 4.00. The summed E-state index contributed by atoms with van der Waals surface area (Å²) >= 11 is 0. The van der Waals surface area contributed by atoms with Crippen LogP contribution < -0.4 is 10.2 Å². The topological polar surface area (TPSA) is 58.1 Å². The van der Waals surface area contributed by atoms with Crippen LogP contribution in [0.2, 0.25) is 0 Å². The van der Waals surface area contributed by atoms with Gasteiger partial charge in [0.2, 0.25) is 5.95 Å². The summed E-state index contributed by atoms with van der Waals surface area (Å²) in [6.45, 7) is 6.38. The third-order valence-corrected chi connectivity index (χ3v) is 4.00. The number of aromatic nitrogens is 2. The quantitative estimate of drug-likeness (QED) is 0.943. The van der Waals surface area contributed by atoms with E-state index < -0.39 is 0 Å². The van der Waals surface area contributed by atoms with Crippen molar-refractivity contribution in [3.8, 4) is 0 Å². The number of aryl methyl sites for hydroxylation is 2. The minimum atomic E-state index is -0.155. The molecule has 0 atom stereocenters. The maximum Gasteiger partial charge on any atom is 0.270 e. The van der Waals surface area contributed by atoms with E-state index in [9.17, 15) is 4.79 Å². The molecule has 0 unspecified atom stereocenters. The van der Waals surface area contributed by atoms with E-state index in [0.29, 0.717) is 18.2 Å². The maximum atomic E-state index is 12.4. The van der Waals surface area contributed by atoms with E-state index in [1.165, 1.54) is 5.56 Å². The summed E-state index contributed by atoms with van der Waals surface area (Å²) in [5.41, 5.74) is 3.53. The fourth-order valence-corrected chi connectivity index (χ4v) is 2.82. The average molecular weight is 310 g/mol. The zero-order chi connectivity index (χ0) is 16.2. The van der Waals surface area contributed by atoms with Crippen LogP contribution in [0.4, 0.5) is 5.95 Å². The van der Waals surface area contributed by atoms with E-state index in [1.54, 1.807) is 6.07 Å². The number of anilines is 1. The van der Waals surface area contributed by atoms with Crippen LogP contribution in [-0.2, 0) is 6.54 Å². The summed E-state index contributed by atoms with van der Waals surface area (Å²) < 4.78 is 0. The summed E-state index contributed by atoms with van der Waals surface area (Å²) in [5, 5.41) is 2.94. The second kappa shape index (κ2) is 6.77. The summed E-state index contributed by atoms with van der Waals surface area (Å²) in [4.78, 5) is 23.5. The molecule has 5 heteroatoms. The minimum Gasteiger partial charge on any atom is -0.347 e. The first kappa shape index (κ1) is 15.5. The molecule has 0 radical (unpaired) electrons. The van der Waals surface area contributed by atoms with Crippen LogP contribution in [0.25, 0.3) is 0 Å². The van der Waals surface area contributed by atoms with Crippen molar-refractivity contribution in [1.82, 2.24) is 15.3 Å². The first-order chi connectivity index (χ1) is 11.1. The monoisotopic (exact) mass is 310 g/mol. The van der Waals surface area contributed by atoms with Crippen molar-refractivity contribution < 1.29 is 4.79 Å². The molecule has 0 bridgehead atoms. The van der Waals surface area contributed by atoms with Gasteiger partial charge >= 0.3 is 0 Å².